The third-order valence-electron chi connectivity index (χ3n) is 10.4. The number of rotatable bonds is 15. The van der Waals surface area contributed by atoms with Gasteiger partial charge in [0.2, 0.25) is 0 Å². The number of benzene rings is 4. The van der Waals surface area contributed by atoms with Gasteiger partial charge >= 0.3 is 11.6 Å². The summed E-state index contributed by atoms with van der Waals surface area (Å²) >= 11 is 6.77. The summed E-state index contributed by atoms with van der Waals surface area (Å²) in [7, 11) is 0. The van der Waals surface area contributed by atoms with Gasteiger partial charge in [0.15, 0.2) is 0 Å². The molecule has 3 heterocycles. The van der Waals surface area contributed by atoms with Crippen LogP contribution in [0.15, 0.2) is 119 Å². The average molecular weight is 934 g/mol. The monoisotopic (exact) mass is 932 g/mol. The van der Waals surface area contributed by atoms with Gasteiger partial charge in [0.25, 0.3) is 5.91 Å². The number of nitrogens with one attached hydrogen (secondary N) is 4. The number of aromatic amines is 1. The number of hydrogen-bond acceptors (Lipinski definition) is 10. The number of carbonyl (C=O) groups excluding carboxylic acids is 2. The van der Waals surface area contributed by atoms with E-state index in [9.17, 15) is 27.9 Å². The lowest BCUT2D eigenvalue weighted by Crippen LogP contribution is -2.35. The van der Waals surface area contributed by atoms with Crippen molar-refractivity contribution >= 4 is 69.7 Å². The zero-order valence-corrected chi connectivity index (χ0v) is 37.7. The first-order valence-electron chi connectivity index (χ1n) is 20.7. The maximum atomic E-state index is 13.9. The highest BCUT2D eigenvalue weighted by atomic mass is 35.5. The maximum absolute atomic E-state index is 13.9. The molecule has 336 valence electrons. The summed E-state index contributed by atoms with van der Waals surface area (Å²) in [5.74, 6) is 0.160. The number of aliphatic hydroxyl groups excluding tert-OH is 1. The zero-order valence-electron chi connectivity index (χ0n) is 35.3. The molecule has 64 heavy (non-hydrogen) atoms. The smallest absolute Gasteiger partial charge is 0.446 e. The number of thioether (sulfide) groups is 1. The number of ether oxygens (including phenoxy) is 2. The van der Waals surface area contributed by atoms with Crippen molar-refractivity contribution in [3.63, 3.8) is 0 Å². The van der Waals surface area contributed by atoms with E-state index in [0.29, 0.717) is 53.7 Å². The van der Waals surface area contributed by atoms with Gasteiger partial charge in [-0.3, -0.25) is 9.52 Å². The molecule has 1 fully saturated rings. The standard InChI is InChI=1S/C47H48ClF3N6O5S2/c1-46(2,3)62-45(60)54-21-6-20-52-39-16-14-35(27-41(39)63-47(49,50)51)64-56-44(59)38-15-13-33(26-40(38)61-34-25-31-17-22-53-43(31)55-28-34)57-23-18-30(19-24-57)42(58)37-8-5-4-7-36(37)29-9-11-32(48)12-10-29/h4-5,7-17,22,25-28,30,42,52,58H,6,18-21,23-24H2,1-3H3,(H,53,55)(H,54,60)(H,56,59). The van der Waals surface area contributed by atoms with Crippen LogP contribution in [0.4, 0.5) is 29.3 Å². The number of nitrogens with zero attached hydrogens (tertiary/aromatic N) is 2. The number of piperidine rings is 1. The normalized spacial score (nSPS) is 14.0. The van der Waals surface area contributed by atoms with Gasteiger partial charge in [0, 0.05) is 70.0 Å². The fourth-order valence-electron chi connectivity index (χ4n) is 7.35. The number of amides is 2. The zero-order chi connectivity index (χ0) is 45.4. The number of carbonyl (C=O) groups is 2. The van der Waals surface area contributed by atoms with E-state index >= 15 is 0 Å². The number of fused-ring (bicyclic) bond motifs is 1. The molecule has 5 N–H and O–H groups in total. The average Bonchev–Trinajstić information content (AvgIpc) is 3.73. The number of aliphatic hydroxyl groups is 1. The summed E-state index contributed by atoms with van der Waals surface area (Å²) in [6.45, 7) is 7.09. The van der Waals surface area contributed by atoms with Gasteiger partial charge in [-0.2, -0.15) is 13.2 Å². The molecule has 7 rings (SSSR count). The van der Waals surface area contributed by atoms with Crippen molar-refractivity contribution in [3.8, 4) is 22.6 Å². The number of alkyl carbamates (subject to hydrolysis) is 1. The maximum Gasteiger partial charge on any atom is 0.446 e. The fraction of sp³-hybridized carbons (Fsp3) is 0.298. The van der Waals surface area contributed by atoms with Crippen LogP contribution in [0.3, 0.4) is 0 Å². The molecule has 1 atom stereocenters. The van der Waals surface area contributed by atoms with E-state index in [1.54, 1.807) is 51.4 Å². The van der Waals surface area contributed by atoms with E-state index in [1.165, 1.54) is 12.1 Å². The number of H-pyrrole nitrogens is 1. The largest absolute Gasteiger partial charge is 0.455 e. The number of aromatic nitrogens is 2. The fourth-order valence-corrected chi connectivity index (χ4v) is 8.87. The van der Waals surface area contributed by atoms with Crippen molar-refractivity contribution in [3.05, 3.63) is 126 Å². The third kappa shape index (κ3) is 12.6. The second-order valence-corrected chi connectivity index (χ2v) is 18.6. The molecule has 17 heteroatoms. The van der Waals surface area contributed by atoms with Crippen molar-refractivity contribution in [2.75, 3.05) is 36.4 Å². The molecule has 2 aromatic heterocycles. The second kappa shape index (κ2) is 20.5. The van der Waals surface area contributed by atoms with Crippen LogP contribution in [0.25, 0.3) is 22.2 Å². The van der Waals surface area contributed by atoms with E-state index in [-0.39, 0.29) is 52.7 Å². The highest BCUT2D eigenvalue weighted by Crippen LogP contribution is 2.43. The Balaban J connectivity index is 1.04. The van der Waals surface area contributed by atoms with E-state index in [0.717, 1.165) is 39.7 Å². The molecular weight excluding hydrogens is 885 g/mol. The Bertz CT molecular complexity index is 2560. The topological polar surface area (TPSA) is 141 Å². The summed E-state index contributed by atoms with van der Waals surface area (Å²) in [5.41, 5.74) is -0.444. The Hall–Kier alpha value is -5.55. The lowest BCUT2D eigenvalue weighted by atomic mass is 9.84. The quantitative estimate of drug-likeness (QED) is 0.0384. The SMILES string of the molecule is CC(C)(C)OC(=O)NCCCNc1ccc(SNC(=O)c2ccc(N3CCC(C(O)c4ccccc4-c4ccc(Cl)cc4)CC3)cc2Oc2cnc3[nH]ccc3c2)cc1SC(F)(F)F. The number of pyridine rings is 1. The number of halogens is 4. The molecule has 1 aliphatic heterocycles. The van der Waals surface area contributed by atoms with Crippen LogP contribution in [-0.2, 0) is 4.74 Å². The first kappa shape index (κ1) is 46.4. The first-order chi connectivity index (χ1) is 30.6. The summed E-state index contributed by atoms with van der Waals surface area (Å²) in [6.07, 6.45) is 3.94. The van der Waals surface area contributed by atoms with E-state index in [4.69, 9.17) is 21.1 Å². The minimum Gasteiger partial charge on any atom is -0.455 e. The van der Waals surface area contributed by atoms with Gasteiger partial charge in [-0.1, -0.05) is 48.0 Å². The Kier molecular flexibility index (Phi) is 14.9. The van der Waals surface area contributed by atoms with Crippen LogP contribution in [-0.4, -0.2) is 64.4 Å². The molecular formula is C47H48ClF3N6O5S2. The molecule has 0 bridgehead atoms. The Morgan fingerprint density at radius 2 is 1.73 bits per heavy atom. The minimum absolute atomic E-state index is 0.00894. The van der Waals surface area contributed by atoms with E-state index < -0.39 is 29.2 Å². The summed E-state index contributed by atoms with van der Waals surface area (Å²) < 4.78 is 55.4. The first-order valence-corrected chi connectivity index (χ1v) is 22.7. The van der Waals surface area contributed by atoms with Gasteiger partial charge in [-0.15, -0.1) is 0 Å². The van der Waals surface area contributed by atoms with Gasteiger partial charge in [-0.05, 0) is 141 Å². The highest BCUT2D eigenvalue weighted by Gasteiger charge is 2.31. The van der Waals surface area contributed by atoms with Crippen molar-refractivity contribution in [2.24, 2.45) is 5.92 Å². The van der Waals surface area contributed by atoms with Gasteiger partial charge in [0.1, 0.15) is 22.7 Å². The summed E-state index contributed by atoms with van der Waals surface area (Å²) in [4.78, 5) is 35.8. The Morgan fingerprint density at radius 3 is 2.48 bits per heavy atom. The molecule has 1 aliphatic rings. The van der Waals surface area contributed by atoms with Crippen LogP contribution < -0.4 is 25.0 Å². The Morgan fingerprint density at radius 1 is 0.969 bits per heavy atom. The molecule has 0 spiro atoms. The molecule has 2 amide bonds. The lowest BCUT2D eigenvalue weighted by Gasteiger charge is -2.36. The molecule has 1 saturated heterocycles. The predicted molar refractivity (Wildman–Crippen MR) is 248 cm³/mol. The number of hydrogen-bond donors (Lipinski definition) is 5. The van der Waals surface area contributed by atoms with Gasteiger partial charge in [0.05, 0.1) is 17.9 Å². The minimum atomic E-state index is -4.56. The number of anilines is 2. The van der Waals surface area contributed by atoms with Crippen LogP contribution >= 0.6 is 35.3 Å². The second-order valence-electron chi connectivity index (χ2n) is 16.2. The van der Waals surface area contributed by atoms with Crippen LogP contribution in [0.2, 0.25) is 5.02 Å². The highest BCUT2D eigenvalue weighted by molar-refractivity contribution is 8.00. The summed E-state index contributed by atoms with van der Waals surface area (Å²) in [5, 5.41) is 18.8. The van der Waals surface area contributed by atoms with Crippen molar-refractivity contribution in [2.45, 2.75) is 67.0 Å². The molecule has 0 saturated carbocycles. The molecule has 0 radical (unpaired) electrons. The van der Waals surface area contributed by atoms with E-state index in [2.05, 4.69) is 30.2 Å². The molecule has 11 nitrogen and oxygen atoms in total. The van der Waals surface area contributed by atoms with Crippen molar-refractivity contribution < 1.29 is 37.3 Å². The molecule has 6 aromatic rings. The molecule has 4 aromatic carbocycles. The number of alkyl halides is 3. The van der Waals surface area contributed by atoms with Crippen molar-refractivity contribution in [1.82, 2.24) is 20.0 Å². The Labute approximate surface area is 383 Å². The summed E-state index contributed by atoms with van der Waals surface area (Å²) in [6, 6.07) is 28.9. The van der Waals surface area contributed by atoms with Gasteiger partial charge in [-0.25, -0.2) is 9.78 Å². The lowest BCUT2D eigenvalue weighted by molar-refractivity contribution is -0.0328. The predicted octanol–water partition coefficient (Wildman–Crippen LogP) is 12.0. The molecule has 1 unspecified atom stereocenters. The van der Waals surface area contributed by atoms with Crippen molar-refractivity contribution in [1.29, 1.82) is 0 Å². The van der Waals surface area contributed by atoms with Gasteiger partial charge < -0.3 is 35.1 Å². The van der Waals surface area contributed by atoms with E-state index in [1.807, 2.05) is 66.7 Å². The van der Waals surface area contributed by atoms with Crippen LogP contribution in [0.5, 0.6) is 11.5 Å². The van der Waals surface area contributed by atoms with Crippen LogP contribution in [0.1, 0.15) is 62.1 Å². The molecule has 0 aliphatic carbocycles. The third-order valence-corrected chi connectivity index (χ3v) is 12.2. The van der Waals surface area contributed by atoms with Crippen LogP contribution in [0, 0.1) is 5.92 Å².